The van der Waals surface area contributed by atoms with E-state index in [4.69, 9.17) is 9.26 Å². The van der Waals surface area contributed by atoms with Gasteiger partial charge in [-0.25, -0.2) is 4.79 Å². The van der Waals surface area contributed by atoms with Gasteiger partial charge in [0.1, 0.15) is 12.3 Å². The third-order valence-electron chi connectivity index (χ3n) is 4.64. The van der Waals surface area contributed by atoms with Crippen LogP contribution in [0.2, 0.25) is 0 Å². The molecule has 148 valence electrons. The van der Waals surface area contributed by atoms with E-state index in [2.05, 4.69) is 10.1 Å². The normalized spacial score (nSPS) is 11.1. The van der Waals surface area contributed by atoms with Crippen LogP contribution in [0, 0.1) is 0 Å². The fourth-order valence-electron chi connectivity index (χ4n) is 3.30. The molecule has 4 rings (SSSR count). The van der Waals surface area contributed by atoms with Crippen LogP contribution in [0.15, 0.2) is 62.6 Å². The highest BCUT2D eigenvalue weighted by molar-refractivity contribution is 5.77. The van der Waals surface area contributed by atoms with Crippen LogP contribution in [0.3, 0.4) is 0 Å². The molecular weight excluding hydrogens is 372 g/mol. The quantitative estimate of drug-likeness (QED) is 0.501. The minimum atomic E-state index is -0.411. The highest BCUT2D eigenvalue weighted by Crippen LogP contribution is 2.27. The highest BCUT2D eigenvalue weighted by atomic mass is 16.5. The van der Waals surface area contributed by atoms with Crippen molar-refractivity contribution < 1.29 is 9.26 Å². The number of para-hydroxylation sites is 2. The molecule has 0 fully saturated rings. The van der Waals surface area contributed by atoms with Crippen LogP contribution in [-0.4, -0.2) is 25.9 Å². The van der Waals surface area contributed by atoms with Crippen molar-refractivity contribution >= 4 is 10.9 Å². The summed E-state index contributed by atoms with van der Waals surface area (Å²) in [5.41, 5.74) is 0.522. The summed E-state index contributed by atoms with van der Waals surface area (Å²) in [6, 6.07) is 14.4. The number of nitrogens with zero attached hydrogens (tertiary/aromatic N) is 4. The highest BCUT2D eigenvalue weighted by Gasteiger charge is 2.17. The molecule has 2 heterocycles. The first-order valence-electron chi connectivity index (χ1n) is 9.41. The van der Waals surface area contributed by atoms with Crippen molar-refractivity contribution in [2.24, 2.45) is 0 Å². The molecule has 29 heavy (non-hydrogen) atoms. The Morgan fingerprint density at radius 1 is 1.00 bits per heavy atom. The second-order valence-electron chi connectivity index (χ2n) is 6.38. The van der Waals surface area contributed by atoms with Crippen molar-refractivity contribution in [3.8, 4) is 17.1 Å². The average molecular weight is 392 g/mol. The molecule has 0 aliphatic heterocycles. The van der Waals surface area contributed by atoms with Gasteiger partial charge in [-0.15, -0.1) is 0 Å². The van der Waals surface area contributed by atoms with Crippen molar-refractivity contribution in [2.45, 2.75) is 26.9 Å². The van der Waals surface area contributed by atoms with Gasteiger partial charge >= 0.3 is 5.69 Å². The van der Waals surface area contributed by atoms with E-state index < -0.39 is 5.69 Å². The topological polar surface area (TPSA) is 92.2 Å². The summed E-state index contributed by atoms with van der Waals surface area (Å²) in [4.78, 5) is 29.9. The number of aromatic nitrogens is 4. The van der Waals surface area contributed by atoms with Gasteiger partial charge in [0.15, 0.2) is 0 Å². The smallest absolute Gasteiger partial charge is 0.331 e. The average Bonchev–Trinajstić information content (AvgIpc) is 3.21. The first-order chi connectivity index (χ1) is 14.1. The Kier molecular flexibility index (Phi) is 4.99. The van der Waals surface area contributed by atoms with Crippen LogP contribution in [0.4, 0.5) is 0 Å². The zero-order valence-electron chi connectivity index (χ0n) is 16.2. The summed E-state index contributed by atoms with van der Waals surface area (Å²) in [5.74, 6) is 1.30. The zero-order chi connectivity index (χ0) is 20.4. The molecule has 0 spiro atoms. The second-order valence-corrected chi connectivity index (χ2v) is 6.38. The van der Waals surface area contributed by atoms with Gasteiger partial charge in [-0.05, 0) is 38.1 Å². The van der Waals surface area contributed by atoms with E-state index in [0.717, 1.165) is 0 Å². The number of rotatable bonds is 6. The maximum atomic E-state index is 12.9. The van der Waals surface area contributed by atoms with Gasteiger partial charge in [0, 0.05) is 6.54 Å². The Bertz CT molecular complexity index is 1290. The van der Waals surface area contributed by atoms with E-state index in [0.29, 0.717) is 34.6 Å². The van der Waals surface area contributed by atoms with Gasteiger partial charge in [-0.1, -0.05) is 29.4 Å². The van der Waals surface area contributed by atoms with Crippen LogP contribution in [0.25, 0.3) is 22.3 Å². The third kappa shape index (κ3) is 3.33. The summed E-state index contributed by atoms with van der Waals surface area (Å²) >= 11 is 0. The van der Waals surface area contributed by atoms with Crippen molar-refractivity contribution in [1.29, 1.82) is 0 Å². The lowest BCUT2D eigenvalue weighted by Crippen LogP contribution is -2.39. The number of ether oxygens (including phenoxy) is 1. The van der Waals surface area contributed by atoms with Crippen LogP contribution in [0.5, 0.6) is 5.75 Å². The van der Waals surface area contributed by atoms with Gasteiger partial charge in [-0.3, -0.25) is 13.9 Å². The molecule has 2 aromatic heterocycles. The molecular formula is C21H20N4O4. The minimum Gasteiger partial charge on any atom is -0.493 e. The van der Waals surface area contributed by atoms with Crippen LogP contribution >= 0.6 is 0 Å². The van der Waals surface area contributed by atoms with E-state index in [1.54, 1.807) is 31.2 Å². The molecule has 8 heteroatoms. The molecule has 0 atom stereocenters. The fraction of sp³-hybridized carbons (Fsp3) is 0.238. The molecule has 0 amide bonds. The molecule has 0 aliphatic rings. The Hall–Kier alpha value is -3.68. The minimum absolute atomic E-state index is 0.0590. The van der Waals surface area contributed by atoms with Crippen LogP contribution in [0.1, 0.15) is 19.7 Å². The van der Waals surface area contributed by atoms with Crippen molar-refractivity contribution in [1.82, 2.24) is 19.3 Å². The molecule has 2 aromatic carbocycles. The lowest BCUT2D eigenvalue weighted by Gasteiger charge is -2.11. The monoisotopic (exact) mass is 392 g/mol. The van der Waals surface area contributed by atoms with Crippen molar-refractivity contribution in [2.75, 3.05) is 6.61 Å². The lowest BCUT2D eigenvalue weighted by atomic mass is 10.2. The van der Waals surface area contributed by atoms with Gasteiger partial charge in [0.2, 0.25) is 11.7 Å². The summed E-state index contributed by atoms with van der Waals surface area (Å²) in [5, 5.41) is 4.51. The van der Waals surface area contributed by atoms with Gasteiger partial charge < -0.3 is 9.26 Å². The fourth-order valence-corrected chi connectivity index (χ4v) is 3.30. The molecule has 0 unspecified atom stereocenters. The molecule has 0 aliphatic carbocycles. The van der Waals surface area contributed by atoms with E-state index in [1.165, 1.54) is 9.13 Å². The Morgan fingerprint density at radius 3 is 2.55 bits per heavy atom. The van der Waals surface area contributed by atoms with E-state index in [1.807, 2.05) is 31.2 Å². The maximum absolute atomic E-state index is 12.9. The SMILES string of the molecule is CCOc1ccccc1-c1noc(Cn2c(=O)n(CC)c(=O)c3ccccc32)n1. The number of hydrogen-bond donors (Lipinski definition) is 0. The molecule has 8 nitrogen and oxygen atoms in total. The Labute approximate surface area is 166 Å². The Balaban J connectivity index is 1.78. The number of benzene rings is 2. The maximum Gasteiger partial charge on any atom is 0.331 e. The zero-order valence-corrected chi connectivity index (χ0v) is 16.2. The molecule has 0 radical (unpaired) electrons. The van der Waals surface area contributed by atoms with Crippen LogP contribution in [-0.2, 0) is 13.1 Å². The summed E-state index contributed by atoms with van der Waals surface area (Å²) in [6.45, 7) is 4.51. The molecule has 4 aromatic rings. The van der Waals surface area contributed by atoms with E-state index >= 15 is 0 Å². The molecule has 0 saturated heterocycles. The first kappa shape index (κ1) is 18.7. The first-order valence-corrected chi connectivity index (χ1v) is 9.41. The molecule has 0 bridgehead atoms. The summed E-state index contributed by atoms with van der Waals surface area (Å²) in [6.07, 6.45) is 0. The van der Waals surface area contributed by atoms with Gasteiger partial charge in [0.05, 0.1) is 23.1 Å². The second kappa shape index (κ2) is 7.75. The lowest BCUT2D eigenvalue weighted by molar-refractivity contribution is 0.340. The standard InChI is InChI=1S/C21H20N4O4/c1-3-24-20(26)14-9-5-7-11-16(14)25(21(24)27)13-18-22-19(23-29-18)15-10-6-8-12-17(15)28-4-2/h5-12H,3-4,13H2,1-2H3. The van der Waals surface area contributed by atoms with Crippen molar-refractivity contribution in [3.63, 3.8) is 0 Å². The predicted molar refractivity (Wildman–Crippen MR) is 108 cm³/mol. The Morgan fingerprint density at radius 2 is 1.76 bits per heavy atom. The molecule has 0 saturated carbocycles. The predicted octanol–water partition coefficient (Wildman–Crippen LogP) is 2.68. The third-order valence-corrected chi connectivity index (χ3v) is 4.64. The van der Waals surface area contributed by atoms with Crippen LogP contribution < -0.4 is 16.0 Å². The summed E-state index contributed by atoms with van der Waals surface area (Å²) in [7, 11) is 0. The largest absolute Gasteiger partial charge is 0.493 e. The van der Waals surface area contributed by atoms with E-state index in [9.17, 15) is 9.59 Å². The van der Waals surface area contributed by atoms with E-state index in [-0.39, 0.29) is 24.5 Å². The van der Waals surface area contributed by atoms with Crippen molar-refractivity contribution in [3.05, 3.63) is 75.3 Å². The number of fused-ring (bicyclic) bond motifs is 1. The number of hydrogen-bond acceptors (Lipinski definition) is 6. The molecule has 0 N–H and O–H groups in total. The summed E-state index contributed by atoms with van der Waals surface area (Å²) < 4.78 is 13.7. The van der Waals surface area contributed by atoms with Gasteiger partial charge in [0.25, 0.3) is 5.56 Å². The van der Waals surface area contributed by atoms with Gasteiger partial charge in [-0.2, -0.15) is 4.98 Å².